The summed E-state index contributed by atoms with van der Waals surface area (Å²) in [5.74, 6) is -1.11. The van der Waals surface area contributed by atoms with E-state index in [1.54, 1.807) is 31.2 Å². The van der Waals surface area contributed by atoms with Crippen LogP contribution in [0.25, 0.3) is 0 Å². The Labute approximate surface area is 134 Å². The first-order valence-electron chi connectivity index (χ1n) is 6.84. The molecule has 0 aliphatic rings. The Kier molecular flexibility index (Phi) is 5.46. The summed E-state index contributed by atoms with van der Waals surface area (Å²) in [6.07, 6.45) is 0. The van der Waals surface area contributed by atoms with Gasteiger partial charge in [-0.3, -0.25) is 4.79 Å². The number of para-hydroxylation sites is 1. The quantitative estimate of drug-likeness (QED) is 0.648. The molecule has 0 bridgehead atoms. The second-order valence-corrected chi connectivity index (χ2v) is 6.75. The number of rotatable bonds is 6. The number of hydrogen-bond donors (Lipinski definition) is 1. The van der Waals surface area contributed by atoms with Crippen molar-refractivity contribution in [3.8, 4) is 5.75 Å². The summed E-state index contributed by atoms with van der Waals surface area (Å²) in [7, 11) is -3.72. The van der Waals surface area contributed by atoms with E-state index in [2.05, 4.69) is 4.72 Å². The number of hydrogen-bond acceptors (Lipinski definition) is 4. The molecule has 1 N–H and O–H groups in total. The summed E-state index contributed by atoms with van der Waals surface area (Å²) in [4.78, 5) is 11.7. The van der Waals surface area contributed by atoms with E-state index in [1.807, 2.05) is 0 Å². The molecule has 0 spiro atoms. The maximum atomic E-state index is 12.8. The normalized spacial score (nSPS) is 11.2. The van der Waals surface area contributed by atoms with Gasteiger partial charge in [-0.15, -0.1) is 0 Å². The lowest BCUT2D eigenvalue weighted by Crippen LogP contribution is -2.32. The molecule has 2 aromatic rings. The van der Waals surface area contributed by atoms with E-state index in [4.69, 9.17) is 4.74 Å². The molecule has 5 nitrogen and oxygen atoms in total. The van der Waals surface area contributed by atoms with Crippen LogP contribution in [0.15, 0.2) is 48.5 Å². The second-order valence-electron chi connectivity index (χ2n) is 4.95. The van der Waals surface area contributed by atoms with E-state index in [1.165, 1.54) is 24.3 Å². The van der Waals surface area contributed by atoms with Crippen molar-refractivity contribution in [2.45, 2.75) is 12.7 Å². The molecule has 2 rings (SSSR count). The van der Waals surface area contributed by atoms with Crippen LogP contribution in [0.4, 0.5) is 4.39 Å². The number of carbonyl (C=O) groups is 1. The van der Waals surface area contributed by atoms with Crippen LogP contribution < -0.4 is 9.46 Å². The van der Waals surface area contributed by atoms with Gasteiger partial charge in [-0.05, 0) is 36.2 Å². The van der Waals surface area contributed by atoms with Crippen LogP contribution in [0.1, 0.15) is 11.1 Å². The fourth-order valence-electron chi connectivity index (χ4n) is 1.85. The Bertz CT molecular complexity index is 788. The molecule has 0 fully saturated rings. The van der Waals surface area contributed by atoms with E-state index in [-0.39, 0.29) is 5.75 Å². The van der Waals surface area contributed by atoms with Gasteiger partial charge >= 0.3 is 5.97 Å². The lowest BCUT2D eigenvalue weighted by Gasteiger charge is -2.09. The molecule has 0 atom stereocenters. The number of aryl methyl sites for hydroxylation is 1. The van der Waals surface area contributed by atoms with Crippen molar-refractivity contribution in [3.63, 3.8) is 0 Å². The molecule has 0 amide bonds. The summed E-state index contributed by atoms with van der Waals surface area (Å²) in [5, 5.41) is 0. The molecular formula is C16H16FNO4S. The molecule has 0 unspecified atom stereocenters. The Hall–Kier alpha value is -2.25. The number of sulfonamides is 1. The van der Waals surface area contributed by atoms with Crippen molar-refractivity contribution >= 4 is 16.0 Å². The van der Waals surface area contributed by atoms with Gasteiger partial charge in [0.25, 0.3) is 0 Å². The van der Waals surface area contributed by atoms with E-state index in [0.717, 1.165) is 5.56 Å². The third-order valence-electron chi connectivity index (χ3n) is 3.02. The summed E-state index contributed by atoms with van der Waals surface area (Å²) in [5.41, 5.74) is 1.20. The molecule has 0 radical (unpaired) electrons. The summed E-state index contributed by atoms with van der Waals surface area (Å²) < 4.78 is 43.8. The van der Waals surface area contributed by atoms with Crippen molar-refractivity contribution in [1.82, 2.24) is 4.72 Å². The fraction of sp³-hybridized carbons (Fsp3) is 0.188. The smallest absolute Gasteiger partial charge is 0.326 e. The minimum Gasteiger partial charge on any atom is -0.425 e. The zero-order chi connectivity index (χ0) is 16.9. The fourth-order valence-corrected chi connectivity index (χ4v) is 2.92. The van der Waals surface area contributed by atoms with Gasteiger partial charge in [0.05, 0.1) is 5.75 Å². The van der Waals surface area contributed by atoms with Crippen molar-refractivity contribution in [2.24, 2.45) is 0 Å². The summed E-state index contributed by atoms with van der Waals surface area (Å²) in [6, 6.07) is 12.0. The molecule has 7 heteroatoms. The van der Waals surface area contributed by atoms with Crippen LogP contribution >= 0.6 is 0 Å². The number of carbonyl (C=O) groups excluding carboxylic acids is 1. The van der Waals surface area contributed by atoms with Crippen LogP contribution in [0.2, 0.25) is 0 Å². The zero-order valence-corrected chi connectivity index (χ0v) is 13.3. The third kappa shape index (κ3) is 5.46. The first kappa shape index (κ1) is 17.1. The van der Waals surface area contributed by atoms with Crippen LogP contribution in [-0.2, 0) is 20.6 Å². The molecular weight excluding hydrogens is 321 g/mol. The second kappa shape index (κ2) is 7.34. The number of nitrogens with one attached hydrogen (secondary N) is 1. The van der Waals surface area contributed by atoms with Gasteiger partial charge in [0.1, 0.15) is 18.1 Å². The maximum absolute atomic E-state index is 12.8. The highest BCUT2D eigenvalue weighted by atomic mass is 32.2. The van der Waals surface area contributed by atoms with Gasteiger partial charge in [0, 0.05) is 0 Å². The first-order valence-corrected chi connectivity index (χ1v) is 8.49. The lowest BCUT2D eigenvalue weighted by atomic mass is 10.2. The minimum absolute atomic E-state index is 0.342. The number of benzene rings is 2. The van der Waals surface area contributed by atoms with Crippen LogP contribution in [0.3, 0.4) is 0 Å². The predicted molar refractivity (Wildman–Crippen MR) is 83.8 cm³/mol. The average Bonchev–Trinajstić information content (AvgIpc) is 2.50. The number of ether oxygens (including phenoxy) is 1. The van der Waals surface area contributed by atoms with Gasteiger partial charge in [-0.2, -0.15) is 0 Å². The number of halogens is 1. The van der Waals surface area contributed by atoms with Crippen molar-refractivity contribution < 1.29 is 22.3 Å². The summed E-state index contributed by atoms with van der Waals surface area (Å²) in [6.45, 7) is 1.30. The molecule has 0 aliphatic carbocycles. The Morgan fingerprint density at radius 3 is 2.43 bits per heavy atom. The predicted octanol–water partition coefficient (Wildman–Crippen LogP) is 2.16. The third-order valence-corrected chi connectivity index (χ3v) is 4.32. The molecule has 0 saturated carbocycles. The van der Waals surface area contributed by atoms with E-state index >= 15 is 0 Å². The SMILES string of the molecule is Cc1ccccc1OC(=O)CNS(=O)(=O)Cc1ccc(F)cc1. The standard InChI is InChI=1S/C16H16FNO4S/c1-12-4-2-3-5-15(12)22-16(19)10-18-23(20,21)11-13-6-8-14(17)9-7-13/h2-9,18H,10-11H2,1H3. The van der Waals surface area contributed by atoms with Gasteiger partial charge in [0.2, 0.25) is 10.0 Å². The first-order chi connectivity index (χ1) is 10.9. The number of esters is 1. The topological polar surface area (TPSA) is 72.5 Å². The minimum atomic E-state index is -3.72. The van der Waals surface area contributed by atoms with Gasteiger partial charge < -0.3 is 4.74 Å². The highest BCUT2D eigenvalue weighted by Crippen LogP contribution is 2.16. The lowest BCUT2D eigenvalue weighted by molar-refractivity contribution is -0.133. The van der Waals surface area contributed by atoms with E-state index in [9.17, 15) is 17.6 Å². The van der Waals surface area contributed by atoms with Crippen molar-refractivity contribution in [2.75, 3.05) is 6.54 Å². The maximum Gasteiger partial charge on any atom is 0.326 e. The monoisotopic (exact) mass is 337 g/mol. The molecule has 0 aromatic heterocycles. The molecule has 0 saturated heterocycles. The molecule has 0 aliphatic heterocycles. The van der Waals surface area contributed by atoms with Crippen molar-refractivity contribution in [3.05, 3.63) is 65.5 Å². The zero-order valence-electron chi connectivity index (χ0n) is 12.5. The molecule has 23 heavy (non-hydrogen) atoms. The Balaban J connectivity index is 1.90. The van der Waals surface area contributed by atoms with E-state index in [0.29, 0.717) is 11.3 Å². The Morgan fingerprint density at radius 1 is 1.13 bits per heavy atom. The van der Waals surface area contributed by atoms with E-state index < -0.39 is 28.4 Å². The Morgan fingerprint density at radius 2 is 1.78 bits per heavy atom. The largest absolute Gasteiger partial charge is 0.425 e. The van der Waals surface area contributed by atoms with Crippen LogP contribution in [0, 0.1) is 12.7 Å². The molecule has 0 heterocycles. The summed E-state index contributed by atoms with van der Waals surface area (Å²) >= 11 is 0. The van der Waals surface area contributed by atoms with Crippen molar-refractivity contribution in [1.29, 1.82) is 0 Å². The highest BCUT2D eigenvalue weighted by Gasteiger charge is 2.15. The van der Waals surface area contributed by atoms with Gasteiger partial charge in [-0.1, -0.05) is 30.3 Å². The van der Waals surface area contributed by atoms with Crippen LogP contribution in [0.5, 0.6) is 5.75 Å². The van der Waals surface area contributed by atoms with Gasteiger partial charge in [-0.25, -0.2) is 17.5 Å². The average molecular weight is 337 g/mol. The molecule has 2 aromatic carbocycles. The highest BCUT2D eigenvalue weighted by molar-refractivity contribution is 7.88. The molecule has 122 valence electrons. The van der Waals surface area contributed by atoms with Gasteiger partial charge in [0.15, 0.2) is 0 Å². The van der Waals surface area contributed by atoms with Crippen LogP contribution in [-0.4, -0.2) is 20.9 Å².